The molecule has 1 fully saturated rings. The van der Waals surface area contributed by atoms with E-state index in [-0.39, 0.29) is 6.03 Å². The topological polar surface area (TPSA) is 105 Å². The Morgan fingerprint density at radius 3 is 2.66 bits per heavy atom. The number of rotatable bonds is 8. The van der Waals surface area contributed by atoms with Crippen LogP contribution in [-0.2, 0) is 0 Å². The summed E-state index contributed by atoms with van der Waals surface area (Å²) in [4.78, 5) is 29.3. The average molecular weight is 551 g/mol. The molecule has 0 aliphatic carbocycles. The third kappa shape index (κ3) is 5.58. The molecule has 5 aromatic rings. The molecule has 1 aliphatic rings. The first kappa shape index (κ1) is 26.0. The predicted octanol–water partition coefficient (Wildman–Crippen LogP) is 5.83. The molecular formula is C31H30N6O4. The first-order chi connectivity index (χ1) is 20.1. The molecule has 0 saturated carbocycles. The summed E-state index contributed by atoms with van der Waals surface area (Å²) in [6, 6.07) is 18.8. The number of hydrogen-bond acceptors (Lipinski definition) is 7. The maximum atomic E-state index is 13.0. The van der Waals surface area contributed by atoms with Crippen LogP contribution < -0.4 is 24.4 Å². The van der Waals surface area contributed by atoms with Gasteiger partial charge < -0.3 is 34.3 Å². The number of ether oxygens (including phenoxy) is 3. The molecule has 10 heteroatoms. The number of fused-ring (bicyclic) bond motifs is 2. The van der Waals surface area contributed by atoms with Crippen molar-refractivity contribution >= 4 is 39.5 Å². The third-order valence-electron chi connectivity index (χ3n) is 6.95. The van der Waals surface area contributed by atoms with E-state index in [2.05, 4.69) is 26.8 Å². The van der Waals surface area contributed by atoms with Gasteiger partial charge in [-0.15, -0.1) is 0 Å². The van der Waals surface area contributed by atoms with Crippen LogP contribution in [0.1, 0.15) is 0 Å². The van der Waals surface area contributed by atoms with Crippen molar-refractivity contribution in [2.24, 2.45) is 0 Å². The number of aromatic amines is 1. The second kappa shape index (κ2) is 11.5. The van der Waals surface area contributed by atoms with E-state index in [1.165, 1.54) is 0 Å². The fourth-order valence-corrected chi connectivity index (χ4v) is 4.79. The van der Waals surface area contributed by atoms with E-state index < -0.39 is 0 Å². The summed E-state index contributed by atoms with van der Waals surface area (Å²) in [5.41, 5.74) is 2.47. The van der Waals surface area contributed by atoms with E-state index in [0.29, 0.717) is 61.7 Å². The molecule has 2 N–H and O–H groups in total. The van der Waals surface area contributed by atoms with Gasteiger partial charge in [0.1, 0.15) is 18.1 Å². The highest BCUT2D eigenvalue weighted by Crippen LogP contribution is 2.33. The number of piperazine rings is 1. The van der Waals surface area contributed by atoms with Crippen LogP contribution in [0.25, 0.3) is 21.8 Å². The molecule has 0 bridgehead atoms. The van der Waals surface area contributed by atoms with Crippen LogP contribution in [-0.4, -0.2) is 65.8 Å². The monoisotopic (exact) mass is 550 g/mol. The van der Waals surface area contributed by atoms with Gasteiger partial charge in [0, 0.05) is 66.6 Å². The van der Waals surface area contributed by atoms with E-state index in [9.17, 15) is 4.79 Å². The van der Waals surface area contributed by atoms with E-state index >= 15 is 0 Å². The van der Waals surface area contributed by atoms with Crippen molar-refractivity contribution in [3.63, 3.8) is 0 Å². The number of urea groups is 1. The molecule has 2 aromatic heterocycles. The Kier molecular flexibility index (Phi) is 7.27. The van der Waals surface area contributed by atoms with Crippen molar-refractivity contribution < 1.29 is 19.0 Å². The minimum Gasteiger partial charge on any atom is -0.493 e. The fraction of sp³-hybridized carbons (Fsp3) is 0.194. The van der Waals surface area contributed by atoms with Crippen LogP contribution in [0.2, 0.25) is 0 Å². The van der Waals surface area contributed by atoms with Gasteiger partial charge in [-0.1, -0.05) is 18.7 Å². The normalized spacial score (nSPS) is 13.3. The van der Waals surface area contributed by atoms with Crippen LogP contribution in [0.15, 0.2) is 85.7 Å². The van der Waals surface area contributed by atoms with Crippen LogP contribution >= 0.6 is 0 Å². The molecule has 0 atom stereocenters. The molecular weight excluding hydrogens is 520 g/mol. The average Bonchev–Trinajstić information content (AvgIpc) is 3.50. The van der Waals surface area contributed by atoms with Crippen molar-refractivity contribution in [2.75, 3.05) is 50.1 Å². The van der Waals surface area contributed by atoms with Crippen molar-refractivity contribution in [1.29, 1.82) is 0 Å². The summed E-state index contributed by atoms with van der Waals surface area (Å²) >= 11 is 0. The maximum Gasteiger partial charge on any atom is 0.321 e. The molecule has 6 rings (SSSR count). The van der Waals surface area contributed by atoms with Crippen molar-refractivity contribution in [1.82, 2.24) is 19.9 Å². The van der Waals surface area contributed by atoms with Crippen LogP contribution in [0.4, 0.5) is 16.4 Å². The second-order valence-electron chi connectivity index (χ2n) is 9.56. The molecule has 1 aliphatic heterocycles. The lowest BCUT2D eigenvalue weighted by Gasteiger charge is -2.34. The van der Waals surface area contributed by atoms with Gasteiger partial charge in [-0.2, -0.15) is 0 Å². The Hall–Kier alpha value is -5.25. The fourth-order valence-electron chi connectivity index (χ4n) is 4.79. The Balaban J connectivity index is 1.06. The molecule has 0 unspecified atom stereocenters. The zero-order valence-electron chi connectivity index (χ0n) is 22.7. The minimum atomic E-state index is -0.147. The molecule has 10 nitrogen and oxygen atoms in total. The molecule has 3 heterocycles. The number of carbonyl (C=O) groups excluding carboxylic acids is 1. The van der Waals surface area contributed by atoms with Crippen molar-refractivity contribution in [2.45, 2.75) is 0 Å². The highest BCUT2D eigenvalue weighted by Gasteiger charge is 2.23. The van der Waals surface area contributed by atoms with Crippen LogP contribution in [0.3, 0.4) is 0 Å². The molecule has 2 amide bonds. The zero-order chi connectivity index (χ0) is 28.2. The number of benzene rings is 3. The van der Waals surface area contributed by atoms with Gasteiger partial charge in [0.05, 0.1) is 12.6 Å². The van der Waals surface area contributed by atoms with E-state index in [0.717, 1.165) is 27.6 Å². The van der Waals surface area contributed by atoms with Gasteiger partial charge in [-0.3, -0.25) is 0 Å². The third-order valence-corrected chi connectivity index (χ3v) is 6.95. The number of anilines is 2. The molecule has 1 saturated heterocycles. The Morgan fingerprint density at radius 1 is 1.05 bits per heavy atom. The number of carbonyl (C=O) groups is 1. The molecule has 0 spiro atoms. The number of aromatic nitrogens is 3. The summed E-state index contributed by atoms with van der Waals surface area (Å²) in [5.74, 6) is 3.30. The first-order valence-corrected chi connectivity index (χ1v) is 13.3. The van der Waals surface area contributed by atoms with E-state index in [1.54, 1.807) is 24.3 Å². The summed E-state index contributed by atoms with van der Waals surface area (Å²) in [6.45, 7) is 6.40. The lowest BCUT2D eigenvalue weighted by Crippen LogP contribution is -2.50. The lowest BCUT2D eigenvalue weighted by atomic mass is 10.2. The highest BCUT2D eigenvalue weighted by molar-refractivity contribution is 5.90. The molecule has 3 aromatic carbocycles. The standard InChI is InChI=1S/C31H30N6O4/c1-3-17-40-29-19-26-21(18-28(29)39-2)20-33-30(35-26)36-13-15-37(16-14-36)31(38)34-22-7-9-23(10-8-22)41-27-6-4-5-25-24(27)11-12-32-25/h3-12,18-20,32H,1,13-17H2,2H3,(H,34,38). The number of H-pyrrole nitrogens is 1. The first-order valence-electron chi connectivity index (χ1n) is 13.3. The number of amides is 2. The van der Waals surface area contributed by atoms with Gasteiger partial charge in [-0.05, 0) is 48.5 Å². The maximum absolute atomic E-state index is 13.0. The Labute approximate surface area is 237 Å². The highest BCUT2D eigenvalue weighted by atomic mass is 16.5. The van der Waals surface area contributed by atoms with Crippen LogP contribution in [0.5, 0.6) is 23.0 Å². The number of methoxy groups -OCH3 is 1. The molecule has 0 radical (unpaired) electrons. The lowest BCUT2D eigenvalue weighted by molar-refractivity contribution is 0.208. The number of hydrogen-bond donors (Lipinski definition) is 2. The van der Waals surface area contributed by atoms with Gasteiger partial charge in [0.2, 0.25) is 5.95 Å². The Morgan fingerprint density at radius 2 is 1.88 bits per heavy atom. The Bertz CT molecular complexity index is 1690. The summed E-state index contributed by atoms with van der Waals surface area (Å²) in [6.07, 6.45) is 5.35. The SMILES string of the molecule is C=CCOc1cc2nc(N3CCN(C(=O)Nc4ccc(Oc5cccc6[nH]ccc56)cc4)CC3)ncc2cc1OC. The zero-order valence-corrected chi connectivity index (χ0v) is 22.7. The summed E-state index contributed by atoms with van der Waals surface area (Å²) in [5, 5.41) is 4.85. The summed E-state index contributed by atoms with van der Waals surface area (Å²) < 4.78 is 17.2. The molecule has 208 valence electrons. The van der Waals surface area contributed by atoms with Crippen molar-refractivity contribution in [3.8, 4) is 23.0 Å². The quantitative estimate of drug-likeness (QED) is 0.234. The van der Waals surface area contributed by atoms with Gasteiger partial charge in [0.15, 0.2) is 11.5 Å². The van der Waals surface area contributed by atoms with Gasteiger partial charge in [0.25, 0.3) is 0 Å². The van der Waals surface area contributed by atoms with Crippen molar-refractivity contribution in [3.05, 3.63) is 85.7 Å². The van der Waals surface area contributed by atoms with E-state index in [4.69, 9.17) is 19.2 Å². The van der Waals surface area contributed by atoms with Gasteiger partial charge >= 0.3 is 6.03 Å². The second-order valence-corrected chi connectivity index (χ2v) is 9.56. The van der Waals surface area contributed by atoms with Gasteiger partial charge in [-0.25, -0.2) is 14.8 Å². The minimum absolute atomic E-state index is 0.147. The summed E-state index contributed by atoms with van der Waals surface area (Å²) in [7, 11) is 1.60. The predicted molar refractivity (Wildman–Crippen MR) is 159 cm³/mol. The number of nitrogens with one attached hydrogen (secondary N) is 2. The van der Waals surface area contributed by atoms with E-state index in [1.807, 2.05) is 66.9 Å². The smallest absolute Gasteiger partial charge is 0.321 e. The molecule has 41 heavy (non-hydrogen) atoms. The number of nitrogens with zero attached hydrogens (tertiary/aromatic N) is 4. The van der Waals surface area contributed by atoms with Crippen LogP contribution in [0, 0.1) is 0 Å². The largest absolute Gasteiger partial charge is 0.493 e.